The summed E-state index contributed by atoms with van der Waals surface area (Å²) in [5, 5.41) is 0. The van der Waals surface area contributed by atoms with E-state index >= 15 is 0 Å². The van der Waals surface area contributed by atoms with Crippen molar-refractivity contribution in [1.82, 2.24) is 14.3 Å². The Morgan fingerprint density at radius 3 is 3.17 bits per heavy atom. The fourth-order valence-electron chi connectivity index (χ4n) is 2.96. The van der Waals surface area contributed by atoms with Crippen LogP contribution in [0.3, 0.4) is 0 Å². The summed E-state index contributed by atoms with van der Waals surface area (Å²) < 4.78 is 12.5. The van der Waals surface area contributed by atoms with Gasteiger partial charge in [0.05, 0.1) is 25.3 Å². The highest BCUT2D eigenvalue weighted by Crippen LogP contribution is 2.15. The van der Waals surface area contributed by atoms with Gasteiger partial charge in [-0.2, -0.15) is 0 Å². The van der Waals surface area contributed by atoms with E-state index in [0.29, 0.717) is 19.5 Å². The molecule has 6 nitrogen and oxygen atoms in total. The Labute approximate surface area is 136 Å². The molecule has 0 N–H and O–H groups in total. The molecular weight excluding hydrogens is 294 g/mol. The third kappa shape index (κ3) is 4.30. The maximum Gasteiger partial charge on any atom is 0.306 e. The molecule has 1 atom stereocenters. The molecule has 0 aliphatic carbocycles. The van der Waals surface area contributed by atoms with Crippen LogP contribution in [0.15, 0.2) is 30.6 Å². The van der Waals surface area contributed by atoms with Crippen LogP contribution < -0.4 is 0 Å². The Balaban J connectivity index is 1.66. The van der Waals surface area contributed by atoms with E-state index in [1.165, 1.54) is 7.11 Å². The number of imidazole rings is 1. The number of ether oxygens (including phenoxy) is 2. The van der Waals surface area contributed by atoms with Crippen LogP contribution in [0, 0.1) is 0 Å². The van der Waals surface area contributed by atoms with Gasteiger partial charge in [-0.05, 0) is 25.0 Å². The van der Waals surface area contributed by atoms with E-state index in [0.717, 1.165) is 37.3 Å². The average Bonchev–Trinajstić information content (AvgIpc) is 3.20. The third-order valence-electron chi connectivity index (χ3n) is 4.15. The number of carbonyl (C=O) groups excluding carboxylic acids is 1. The Kier molecular flexibility index (Phi) is 5.25. The van der Waals surface area contributed by atoms with Gasteiger partial charge in [-0.25, -0.2) is 4.98 Å². The standard InChI is InChI=1S/C17H23N3O3/c1-22-17(21)7-9-19(13-15-5-4-10-23-15)11-14-12-20-8-3-2-6-16(20)18-14/h2-3,6,8,12,15H,4-5,7,9-11,13H2,1H3/t15-/m1/s1. The molecule has 1 aliphatic heterocycles. The van der Waals surface area contributed by atoms with Crippen molar-refractivity contribution in [2.45, 2.75) is 31.9 Å². The van der Waals surface area contributed by atoms with Crippen LogP contribution in [0.4, 0.5) is 0 Å². The average molecular weight is 317 g/mol. The van der Waals surface area contributed by atoms with Gasteiger partial charge in [0.2, 0.25) is 0 Å². The number of rotatable bonds is 7. The summed E-state index contributed by atoms with van der Waals surface area (Å²) in [4.78, 5) is 18.3. The lowest BCUT2D eigenvalue weighted by atomic mass is 10.2. The van der Waals surface area contributed by atoms with Crippen LogP contribution in [0.25, 0.3) is 5.65 Å². The molecule has 124 valence electrons. The van der Waals surface area contributed by atoms with Crippen LogP contribution in [0.2, 0.25) is 0 Å². The molecule has 0 bridgehead atoms. The molecule has 6 heteroatoms. The molecule has 23 heavy (non-hydrogen) atoms. The molecule has 2 aromatic rings. The molecule has 3 rings (SSSR count). The molecule has 2 aromatic heterocycles. The first-order valence-corrected chi connectivity index (χ1v) is 8.08. The van der Waals surface area contributed by atoms with E-state index in [9.17, 15) is 4.79 Å². The van der Waals surface area contributed by atoms with Gasteiger partial charge in [0.15, 0.2) is 0 Å². The monoisotopic (exact) mass is 317 g/mol. The first-order chi connectivity index (χ1) is 11.2. The smallest absolute Gasteiger partial charge is 0.306 e. The first kappa shape index (κ1) is 16.0. The van der Waals surface area contributed by atoms with Crippen molar-refractivity contribution < 1.29 is 14.3 Å². The number of fused-ring (bicyclic) bond motifs is 1. The van der Waals surface area contributed by atoms with E-state index in [4.69, 9.17) is 9.47 Å². The summed E-state index contributed by atoms with van der Waals surface area (Å²) in [6, 6.07) is 5.95. The lowest BCUT2D eigenvalue weighted by molar-refractivity contribution is -0.141. The highest BCUT2D eigenvalue weighted by molar-refractivity contribution is 5.69. The number of pyridine rings is 1. The topological polar surface area (TPSA) is 56.1 Å². The van der Waals surface area contributed by atoms with Crippen LogP contribution in [0.5, 0.6) is 0 Å². The van der Waals surface area contributed by atoms with Crippen molar-refractivity contribution in [2.24, 2.45) is 0 Å². The van der Waals surface area contributed by atoms with Gasteiger partial charge in [-0.1, -0.05) is 6.07 Å². The van der Waals surface area contributed by atoms with Crippen molar-refractivity contribution in [1.29, 1.82) is 0 Å². The van der Waals surface area contributed by atoms with Gasteiger partial charge in [0, 0.05) is 38.6 Å². The molecule has 0 amide bonds. The number of hydrogen-bond acceptors (Lipinski definition) is 5. The number of esters is 1. The normalized spacial score (nSPS) is 17.9. The molecule has 0 saturated carbocycles. The number of methoxy groups -OCH3 is 1. The van der Waals surface area contributed by atoms with Crippen LogP contribution in [-0.2, 0) is 20.8 Å². The van der Waals surface area contributed by atoms with Crippen LogP contribution in [0.1, 0.15) is 25.0 Å². The second-order valence-electron chi connectivity index (χ2n) is 5.89. The summed E-state index contributed by atoms with van der Waals surface area (Å²) in [6.07, 6.45) is 6.87. The summed E-state index contributed by atoms with van der Waals surface area (Å²) in [6.45, 7) is 3.02. The van der Waals surface area contributed by atoms with Crippen molar-refractivity contribution >= 4 is 11.6 Å². The Bertz CT molecular complexity index is 616. The van der Waals surface area contributed by atoms with Crippen LogP contribution in [-0.4, -0.2) is 53.2 Å². The van der Waals surface area contributed by atoms with E-state index in [-0.39, 0.29) is 12.1 Å². The van der Waals surface area contributed by atoms with Gasteiger partial charge < -0.3 is 13.9 Å². The van der Waals surface area contributed by atoms with Crippen molar-refractivity contribution in [3.8, 4) is 0 Å². The summed E-state index contributed by atoms with van der Waals surface area (Å²) in [5.41, 5.74) is 1.94. The zero-order valence-electron chi connectivity index (χ0n) is 13.5. The summed E-state index contributed by atoms with van der Waals surface area (Å²) in [5.74, 6) is -0.183. The predicted molar refractivity (Wildman–Crippen MR) is 86.1 cm³/mol. The van der Waals surface area contributed by atoms with Gasteiger partial charge in [-0.15, -0.1) is 0 Å². The van der Waals surface area contributed by atoms with Gasteiger partial charge in [0.1, 0.15) is 5.65 Å². The number of nitrogens with zero attached hydrogens (tertiary/aromatic N) is 3. The van der Waals surface area contributed by atoms with Crippen molar-refractivity contribution in [3.63, 3.8) is 0 Å². The Morgan fingerprint density at radius 2 is 2.43 bits per heavy atom. The molecule has 0 aromatic carbocycles. The van der Waals surface area contributed by atoms with E-state index in [2.05, 4.69) is 9.88 Å². The maximum atomic E-state index is 11.4. The fourth-order valence-corrected chi connectivity index (χ4v) is 2.96. The van der Waals surface area contributed by atoms with Crippen molar-refractivity contribution in [2.75, 3.05) is 26.8 Å². The van der Waals surface area contributed by atoms with E-state index in [1.54, 1.807) is 0 Å². The quantitative estimate of drug-likeness (QED) is 0.730. The second-order valence-corrected chi connectivity index (χ2v) is 5.89. The maximum absolute atomic E-state index is 11.4. The Morgan fingerprint density at radius 1 is 1.52 bits per heavy atom. The zero-order chi connectivity index (χ0) is 16.1. The molecule has 3 heterocycles. The Hall–Kier alpha value is -1.92. The van der Waals surface area contributed by atoms with Crippen molar-refractivity contribution in [3.05, 3.63) is 36.3 Å². The van der Waals surface area contributed by atoms with E-state index < -0.39 is 0 Å². The number of carbonyl (C=O) groups is 1. The SMILES string of the molecule is COC(=O)CCN(Cc1cn2ccccc2n1)C[C@H]1CCCO1. The zero-order valence-corrected chi connectivity index (χ0v) is 13.5. The lowest BCUT2D eigenvalue weighted by Gasteiger charge is -2.23. The highest BCUT2D eigenvalue weighted by Gasteiger charge is 2.20. The highest BCUT2D eigenvalue weighted by atomic mass is 16.5. The minimum Gasteiger partial charge on any atom is -0.469 e. The molecule has 1 aliphatic rings. The fraction of sp³-hybridized carbons (Fsp3) is 0.529. The van der Waals surface area contributed by atoms with Gasteiger partial charge in [-0.3, -0.25) is 9.69 Å². The number of hydrogen-bond donors (Lipinski definition) is 0. The molecule has 1 fully saturated rings. The largest absolute Gasteiger partial charge is 0.469 e. The lowest BCUT2D eigenvalue weighted by Crippen LogP contribution is -2.33. The third-order valence-corrected chi connectivity index (χ3v) is 4.15. The van der Waals surface area contributed by atoms with Crippen LogP contribution >= 0.6 is 0 Å². The minimum atomic E-state index is -0.183. The molecule has 0 unspecified atom stereocenters. The molecular formula is C17H23N3O3. The predicted octanol–water partition coefficient (Wildman–Crippen LogP) is 1.88. The number of aromatic nitrogens is 2. The first-order valence-electron chi connectivity index (χ1n) is 8.08. The second kappa shape index (κ2) is 7.57. The molecule has 0 spiro atoms. The van der Waals surface area contributed by atoms with Gasteiger partial charge in [0.25, 0.3) is 0 Å². The van der Waals surface area contributed by atoms with Gasteiger partial charge >= 0.3 is 5.97 Å². The molecule has 1 saturated heterocycles. The summed E-state index contributed by atoms with van der Waals surface area (Å²) >= 11 is 0. The van der Waals surface area contributed by atoms with E-state index in [1.807, 2.05) is 35.0 Å². The minimum absolute atomic E-state index is 0.183. The molecule has 0 radical (unpaired) electrons. The summed E-state index contributed by atoms with van der Waals surface area (Å²) in [7, 11) is 1.43.